The largest absolute Gasteiger partial charge is 0.311 e. The second-order valence-corrected chi connectivity index (χ2v) is 5.50. The molecule has 0 spiro atoms. The molecule has 0 aliphatic heterocycles. The molecule has 0 bridgehead atoms. The van der Waals surface area contributed by atoms with Gasteiger partial charge in [-0.2, -0.15) is 0 Å². The first-order valence-electron chi connectivity index (χ1n) is 6.51. The van der Waals surface area contributed by atoms with Crippen molar-refractivity contribution in [3.05, 3.63) is 42.1 Å². The van der Waals surface area contributed by atoms with Crippen LogP contribution in [0.2, 0.25) is 0 Å². The summed E-state index contributed by atoms with van der Waals surface area (Å²) in [5.41, 5.74) is 2.21. The fraction of sp³-hybridized carbons (Fsp3) is 0.400. The quantitative estimate of drug-likeness (QED) is 0.463. The zero-order chi connectivity index (χ0) is 12.6. The Morgan fingerprint density at radius 2 is 1.89 bits per heavy atom. The van der Waals surface area contributed by atoms with E-state index in [1.54, 1.807) is 0 Å². The number of benzene rings is 1. The molecular weight excluding hydrogens is 335 g/mol. The van der Waals surface area contributed by atoms with Crippen molar-refractivity contribution in [1.82, 2.24) is 10.3 Å². The predicted octanol–water partition coefficient (Wildman–Crippen LogP) is 3.93. The van der Waals surface area contributed by atoms with Crippen LogP contribution in [0.3, 0.4) is 0 Å². The number of nitrogens with zero attached hydrogens (tertiary/aromatic N) is 1. The maximum absolute atomic E-state index is 4.65. The molecule has 1 N–H and O–H groups in total. The van der Waals surface area contributed by atoms with E-state index in [-0.39, 0.29) is 0 Å². The molecule has 0 amide bonds. The van der Waals surface area contributed by atoms with Gasteiger partial charge in [-0.05, 0) is 35.9 Å². The normalized spacial score (nSPS) is 10.9. The lowest BCUT2D eigenvalue weighted by molar-refractivity contribution is 0.614. The van der Waals surface area contributed by atoms with Crippen LogP contribution < -0.4 is 5.32 Å². The van der Waals surface area contributed by atoms with E-state index in [0.717, 1.165) is 24.3 Å². The van der Waals surface area contributed by atoms with Gasteiger partial charge in [0.15, 0.2) is 0 Å². The van der Waals surface area contributed by atoms with Crippen LogP contribution in [0, 0.1) is 0 Å². The Labute approximate surface area is 122 Å². The smallest absolute Gasteiger partial charge is 0.0705 e. The molecule has 0 aliphatic carbocycles. The molecule has 2 nitrogen and oxygen atoms in total. The maximum Gasteiger partial charge on any atom is 0.0705 e. The number of pyridine rings is 1. The van der Waals surface area contributed by atoms with Crippen molar-refractivity contribution in [1.29, 1.82) is 0 Å². The first-order chi connectivity index (χ1) is 8.90. The van der Waals surface area contributed by atoms with Gasteiger partial charge in [0.05, 0.1) is 11.2 Å². The number of para-hydroxylation sites is 1. The van der Waals surface area contributed by atoms with Gasteiger partial charge in [-0.1, -0.05) is 53.3 Å². The van der Waals surface area contributed by atoms with Gasteiger partial charge in [-0.3, -0.25) is 4.98 Å². The first kappa shape index (κ1) is 13.7. The van der Waals surface area contributed by atoms with Crippen LogP contribution in [0.4, 0.5) is 0 Å². The topological polar surface area (TPSA) is 24.9 Å². The molecule has 2 rings (SSSR count). The summed E-state index contributed by atoms with van der Waals surface area (Å²) in [6.45, 7) is 1.96. The van der Waals surface area contributed by atoms with Crippen LogP contribution in [-0.2, 0) is 6.54 Å². The van der Waals surface area contributed by atoms with Crippen molar-refractivity contribution < 1.29 is 0 Å². The van der Waals surface area contributed by atoms with Gasteiger partial charge in [-0.25, -0.2) is 0 Å². The highest BCUT2D eigenvalue weighted by atomic mass is 127. The Bertz CT molecular complexity index is 485. The molecule has 0 fully saturated rings. The van der Waals surface area contributed by atoms with Crippen molar-refractivity contribution in [2.45, 2.75) is 25.8 Å². The van der Waals surface area contributed by atoms with Crippen LogP contribution in [-0.4, -0.2) is 16.0 Å². The standard InChI is InChI=1S/C15H19IN2/c16-10-4-1-5-11-17-12-14-9-8-13-6-2-3-7-15(13)18-14/h2-3,6-9,17H,1,4-5,10-12H2. The molecular formula is C15H19IN2. The number of unbranched alkanes of at least 4 members (excludes halogenated alkanes) is 2. The number of alkyl halides is 1. The molecule has 0 saturated heterocycles. The van der Waals surface area contributed by atoms with E-state index >= 15 is 0 Å². The summed E-state index contributed by atoms with van der Waals surface area (Å²) in [6.07, 6.45) is 3.91. The Kier molecular flexibility index (Phi) is 5.87. The summed E-state index contributed by atoms with van der Waals surface area (Å²) in [5, 5.41) is 4.67. The average molecular weight is 354 g/mol. The third kappa shape index (κ3) is 4.21. The van der Waals surface area contributed by atoms with Gasteiger partial charge >= 0.3 is 0 Å². The SMILES string of the molecule is ICCCCCNCc1ccc2ccccc2n1. The molecule has 18 heavy (non-hydrogen) atoms. The third-order valence-electron chi connectivity index (χ3n) is 2.95. The lowest BCUT2D eigenvalue weighted by Gasteiger charge is -2.05. The van der Waals surface area contributed by atoms with Crippen LogP contribution in [0.25, 0.3) is 10.9 Å². The lowest BCUT2D eigenvalue weighted by Crippen LogP contribution is -2.15. The number of rotatable bonds is 7. The van der Waals surface area contributed by atoms with Gasteiger partial charge in [0.1, 0.15) is 0 Å². The summed E-state index contributed by atoms with van der Waals surface area (Å²) in [5.74, 6) is 0. The van der Waals surface area contributed by atoms with Crippen molar-refractivity contribution >= 4 is 33.5 Å². The molecule has 3 heteroatoms. The summed E-state index contributed by atoms with van der Waals surface area (Å²) >= 11 is 2.44. The summed E-state index contributed by atoms with van der Waals surface area (Å²) in [7, 11) is 0. The number of halogens is 1. The number of hydrogen-bond acceptors (Lipinski definition) is 2. The summed E-state index contributed by atoms with van der Waals surface area (Å²) < 4.78 is 1.27. The third-order valence-corrected chi connectivity index (χ3v) is 3.71. The Morgan fingerprint density at radius 1 is 1.00 bits per heavy atom. The molecule has 1 aromatic carbocycles. The summed E-state index contributed by atoms with van der Waals surface area (Å²) in [6, 6.07) is 12.5. The van der Waals surface area contributed by atoms with Crippen molar-refractivity contribution in [3.63, 3.8) is 0 Å². The van der Waals surface area contributed by atoms with Crippen molar-refractivity contribution in [2.75, 3.05) is 11.0 Å². The van der Waals surface area contributed by atoms with Crippen molar-refractivity contribution in [3.8, 4) is 0 Å². The lowest BCUT2D eigenvalue weighted by atomic mass is 10.2. The van der Waals surface area contributed by atoms with Gasteiger partial charge < -0.3 is 5.32 Å². The first-order valence-corrected chi connectivity index (χ1v) is 8.04. The Morgan fingerprint density at radius 3 is 2.78 bits per heavy atom. The molecule has 0 unspecified atom stereocenters. The van der Waals surface area contributed by atoms with E-state index < -0.39 is 0 Å². The predicted molar refractivity (Wildman–Crippen MR) is 86.2 cm³/mol. The fourth-order valence-electron chi connectivity index (χ4n) is 1.94. The van der Waals surface area contributed by atoms with Gasteiger partial charge in [0.2, 0.25) is 0 Å². The van der Waals surface area contributed by atoms with E-state index in [0.29, 0.717) is 0 Å². The molecule has 0 saturated carbocycles. The van der Waals surface area contributed by atoms with E-state index in [2.05, 4.69) is 63.2 Å². The van der Waals surface area contributed by atoms with E-state index in [9.17, 15) is 0 Å². The highest BCUT2D eigenvalue weighted by Gasteiger charge is 1.97. The zero-order valence-electron chi connectivity index (χ0n) is 10.5. The highest BCUT2D eigenvalue weighted by Crippen LogP contribution is 2.11. The molecule has 2 aromatic rings. The van der Waals surface area contributed by atoms with Crippen LogP contribution in [0.15, 0.2) is 36.4 Å². The van der Waals surface area contributed by atoms with Crippen molar-refractivity contribution in [2.24, 2.45) is 0 Å². The zero-order valence-corrected chi connectivity index (χ0v) is 12.7. The maximum atomic E-state index is 4.65. The monoisotopic (exact) mass is 354 g/mol. The minimum absolute atomic E-state index is 0.870. The molecule has 1 heterocycles. The van der Waals surface area contributed by atoms with Crippen LogP contribution in [0.1, 0.15) is 25.0 Å². The molecule has 0 atom stereocenters. The second kappa shape index (κ2) is 7.69. The number of fused-ring (bicyclic) bond motifs is 1. The van der Waals surface area contributed by atoms with Gasteiger partial charge in [0.25, 0.3) is 0 Å². The summed E-state index contributed by atoms with van der Waals surface area (Å²) in [4.78, 5) is 4.65. The fourth-order valence-corrected chi connectivity index (χ4v) is 2.48. The number of aromatic nitrogens is 1. The molecule has 96 valence electrons. The Hall–Kier alpha value is -0.680. The minimum Gasteiger partial charge on any atom is -0.311 e. The van der Waals surface area contributed by atoms with E-state index in [1.165, 1.54) is 29.1 Å². The molecule has 0 aliphatic rings. The Balaban J connectivity index is 1.81. The van der Waals surface area contributed by atoms with E-state index in [4.69, 9.17) is 0 Å². The van der Waals surface area contributed by atoms with Crippen LogP contribution in [0.5, 0.6) is 0 Å². The second-order valence-electron chi connectivity index (χ2n) is 4.42. The highest BCUT2D eigenvalue weighted by molar-refractivity contribution is 14.1. The molecule has 0 radical (unpaired) electrons. The van der Waals surface area contributed by atoms with Gasteiger partial charge in [0, 0.05) is 11.9 Å². The number of hydrogen-bond donors (Lipinski definition) is 1. The number of nitrogens with one attached hydrogen (secondary N) is 1. The van der Waals surface area contributed by atoms with E-state index in [1.807, 2.05) is 6.07 Å². The minimum atomic E-state index is 0.870. The average Bonchev–Trinajstić information content (AvgIpc) is 2.42. The van der Waals surface area contributed by atoms with Crippen LogP contribution >= 0.6 is 22.6 Å². The molecule has 1 aromatic heterocycles. The van der Waals surface area contributed by atoms with Gasteiger partial charge in [-0.15, -0.1) is 0 Å².